The second kappa shape index (κ2) is 21.1. The fourth-order valence-corrected chi connectivity index (χ4v) is 5.57. The molecule has 0 aromatic heterocycles. The Morgan fingerprint density at radius 2 is 1.71 bits per heavy atom. The minimum Gasteiger partial charge on any atom is -0.493 e. The molecule has 1 aliphatic rings. The highest BCUT2D eigenvalue weighted by atomic mass is 16.6. The molecule has 12 heteroatoms. The molecule has 1 aromatic rings. The number of hydrogen-bond acceptors (Lipinski definition) is 9. The first kappa shape index (κ1) is 41.1. The normalized spacial score (nSPS) is 16.1. The Hall–Kier alpha value is -3.09. The molecule has 274 valence electrons. The Labute approximate surface area is 287 Å². The third-order valence-electron chi connectivity index (χ3n) is 8.42. The molecule has 0 spiro atoms. The highest BCUT2D eigenvalue weighted by Gasteiger charge is 2.31. The average Bonchev–Trinajstić information content (AvgIpc) is 3.03. The Kier molecular flexibility index (Phi) is 18.1. The number of amides is 3. The number of carbonyl (C=O) groups is 3. The van der Waals surface area contributed by atoms with E-state index in [2.05, 4.69) is 24.5 Å². The summed E-state index contributed by atoms with van der Waals surface area (Å²) in [5, 5.41) is 17.3. The lowest BCUT2D eigenvalue weighted by molar-refractivity contribution is -0.135. The summed E-state index contributed by atoms with van der Waals surface area (Å²) in [7, 11) is 3.27. The molecule has 0 saturated carbocycles. The first-order chi connectivity index (χ1) is 22.7. The van der Waals surface area contributed by atoms with E-state index in [0.717, 1.165) is 12.0 Å². The number of carbonyl (C=O) groups excluding carboxylic acids is 3. The molecular formula is C36H61N3O9. The van der Waals surface area contributed by atoms with Crippen molar-refractivity contribution in [1.82, 2.24) is 15.5 Å². The molecule has 1 aromatic carbocycles. The van der Waals surface area contributed by atoms with Crippen LogP contribution < -0.4 is 20.1 Å². The molecule has 3 N–H and O–H groups in total. The number of benzene rings is 1. The van der Waals surface area contributed by atoms with Gasteiger partial charge in [-0.1, -0.05) is 26.8 Å². The van der Waals surface area contributed by atoms with Crippen molar-refractivity contribution in [1.29, 1.82) is 0 Å². The summed E-state index contributed by atoms with van der Waals surface area (Å²) in [5.74, 6) is 0.926. The van der Waals surface area contributed by atoms with E-state index in [1.165, 1.54) is 0 Å². The molecular weight excluding hydrogens is 618 g/mol. The van der Waals surface area contributed by atoms with Crippen LogP contribution in [0.1, 0.15) is 79.2 Å². The molecule has 1 aliphatic heterocycles. The van der Waals surface area contributed by atoms with Crippen LogP contribution in [0.5, 0.6) is 11.5 Å². The van der Waals surface area contributed by atoms with E-state index < -0.39 is 29.8 Å². The van der Waals surface area contributed by atoms with Gasteiger partial charge in [0.1, 0.15) is 5.60 Å². The van der Waals surface area contributed by atoms with E-state index in [1.807, 2.05) is 18.2 Å². The Bertz CT molecular complexity index is 1120. The Morgan fingerprint density at radius 3 is 2.33 bits per heavy atom. The smallest absolute Gasteiger partial charge is 0.407 e. The molecule has 0 bridgehead atoms. The van der Waals surface area contributed by atoms with Gasteiger partial charge in [-0.2, -0.15) is 0 Å². The van der Waals surface area contributed by atoms with Gasteiger partial charge in [-0.05, 0) is 76.0 Å². The van der Waals surface area contributed by atoms with Crippen LogP contribution in [-0.2, 0) is 30.2 Å². The number of aliphatic hydroxyl groups excluding tert-OH is 1. The van der Waals surface area contributed by atoms with E-state index in [4.69, 9.17) is 23.7 Å². The summed E-state index contributed by atoms with van der Waals surface area (Å²) in [6.07, 6.45) is 1.30. The second-order valence-corrected chi connectivity index (χ2v) is 14.0. The van der Waals surface area contributed by atoms with Crippen molar-refractivity contribution in [2.24, 2.45) is 17.8 Å². The summed E-state index contributed by atoms with van der Waals surface area (Å²) in [6, 6.07) is 5.22. The molecule has 0 radical (unpaired) electrons. The van der Waals surface area contributed by atoms with Crippen molar-refractivity contribution in [3.63, 3.8) is 0 Å². The van der Waals surface area contributed by atoms with Gasteiger partial charge in [-0.15, -0.1) is 0 Å². The Morgan fingerprint density at radius 1 is 1.00 bits per heavy atom. The van der Waals surface area contributed by atoms with Gasteiger partial charge in [-0.3, -0.25) is 9.59 Å². The summed E-state index contributed by atoms with van der Waals surface area (Å²) < 4.78 is 27.5. The summed E-state index contributed by atoms with van der Waals surface area (Å²) in [4.78, 5) is 40.0. The lowest BCUT2D eigenvalue weighted by Crippen LogP contribution is -2.48. The summed E-state index contributed by atoms with van der Waals surface area (Å²) >= 11 is 0. The number of ether oxygens (including phenoxy) is 5. The van der Waals surface area contributed by atoms with Gasteiger partial charge in [0.05, 0.1) is 39.1 Å². The van der Waals surface area contributed by atoms with Crippen molar-refractivity contribution in [2.75, 3.05) is 60.3 Å². The van der Waals surface area contributed by atoms with Crippen molar-refractivity contribution in [2.45, 2.75) is 97.8 Å². The summed E-state index contributed by atoms with van der Waals surface area (Å²) in [5.41, 5.74) is 0.331. The molecule has 1 fully saturated rings. The zero-order valence-electron chi connectivity index (χ0n) is 30.5. The minimum absolute atomic E-state index is 0.0623. The van der Waals surface area contributed by atoms with Gasteiger partial charge in [0.2, 0.25) is 11.8 Å². The second-order valence-electron chi connectivity index (χ2n) is 14.0. The molecule has 12 nitrogen and oxygen atoms in total. The molecule has 1 saturated heterocycles. The van der Waals surface area contributed by atoms with Crippen LogP contribution in [0.4, 0.5) is 4.79 Å². The topological polar surface area (TPSA) is 145 Å². The predicted octanol–water partition coefficient (Wildman–Crippen LogP) is 4.35. The van der Waals surface area contributed by atoms with Gasteiger partial charge in [-0.25, -0.2) is 4.79 Å². The van der Waals surface area contributed by atoms with Crippen LogP contribution in [-0.4, -0.2) is 106 Å². The standard InChI is InChI=1S/C36H61N3O9/c1-25(2)28(22-27-12-13-31(45-8)32(23-27)47-18-10-17-44-7)24-29(38-35(43)48-36(4,5)6)30(40)21-26(3)34(42)37-14-9-11-33(41)39-15-19-46-20-16-39/h12-13,23,25-26,28-30,40H,9-11,14-22,24H2,1-8H3,(H,37,42)(H,38,43). The van der Waals surface area contributed by atoms with Crippen molar-refractivity contribution < 1.29 is 43.2 Å². The molecule has 4 unspecified atom stereocenters. The molecule has 2 rings (SSSR count). The lowest BCUT2D eigenvalue weighted by atomic mass is 9.82. The predicted molar refractivity (Wildman–Crippen MR) is 184 cm³/mol. The number of rotatable bonds is 20. The van der Waals surface area contributed by atoms with Gasteiger partial charge >= 0.3 is 6.09 Å². The minimum atomic E-state index is -1.00. The number of hydrogen-bond donors (Lipinski definition) is 3. The summed E-state index contributed by atoms with van der Waals surface area (Å²) in [6.45, 7) is 15.1. The van der Waals surface area contributed by atoms with Crippen LogP contribution in [0, 0.1) is 17.8 Å². The number of alkyl carbamates (subject to hydrolysis) is 1. The van der Waals surface area contributed by atoms with Crippen LogP contribution in [0.15, 0.2) is 18.2 Å². The van der Waals surface area contributed by atoms with E-state index in [-0.39, 0.29) is 30.1 Å². The molecule has 1 heterocycles. The quantitative estimate of drug-likeness (QED) is 0.171. The maximum absolute atomic E-state index is 12.9. The molecule has 3 amide bonds. The van der Waals surface area contributed by atoms with E-state index in [9.17, 15) is 19.5 Å². The number of aliphatic hydroxyl groups is 1. The van der Waals surface area contributed by atoms with Crippen molar-refractivity contribution in [3.8, 4) is 11.5 Å². The van der Waals surface area contributed by atoms with Crippen LogP contribution >= 0.6 is 0 Å². The monoisotopic (exact) mass is 679 g/mol. The van der Waals surface area contributed by atoms with Gasteiger partial charge in [0.15, 0.2) is 11.5 Å². The van der Waals surface area contributed by atoms with E-state index in [0.29, 0.717) is 83.2 Å². The zero-order valence-corrected chi connectivity index (χ0v) is 30.5. The first-order valence-electron chi connectivity index (χ1n) is 17.3. The number of methoxy groups -OCH3 is 2. The third kappa shape index (κ3) is 15.4. The number of nitrogens with zero attached hydrogens (tertiary/aromatic N) is 1. The van der Waals surface area contributed by atoms with Crippen molar-refractivity contribution in [3.05, 3.63) is 23.8 Å². The fourth-order valence-electron chi connectivity index (χ4n) is 5.57. The highest BCUT2D eigenvalue weighted by Crippen LogP contribution is 2.32. The van der Waals surface area contributed by atoms with Crippen LogP contribution in [0.2, 0.25) is 0 Å². The maximum atomic E-state index is 12.9. The molecule has 4 atom stereocenters. The lowest BCUT2D eigenvalue weighted by Gasteiger charge is -2.32. The van der Waals surface area contributed by atoms with Crippen LogP contribution in [0.3, 0.4) is 0 Å². The Balaban J connectivity index is 2.07. The van der Waals surface area contributed by atoms with Gasteiger partial charge in [0, 0.05) is 52.1 Å². The van der Waals surface area contributed by atoms with E-state index in [1.54, 1.807) is 46.8 Å². The number of morpholine rings is 1. The van der Waals surface area contributed by atoms with E-state index >= 15 is 0 Å². The van der Waals surface area contributed by atoms with Crippen LogP contribution in [0.25, 0.3) is 0 Å². The zero-order chi connectivity index (χ0) is 35.7. The largest absolute Gasteiger partial charge is 0.493 e. The SMILES string of the molecule is COCCCOc1cc(CC(CC(NC(=O)OC(C)(C)C)C(O)CC(C)C(=O)NCCCC(=O)N2CCOCC2)C(C)C)ccc1OC. The molecule has 0 aliphatic carbocycles. The first-order valence-corrected chi connectivity index (χ1v) is 17.3. The number of nitrogens with one attached hydrogen (secondary N) is 2. The maximum Gasteiger partial charge on any atom is 0.407 e. The third-order valence-corrected chi connectivity index (χ3v) is 8.42. The van der Waals surface area contributed by atoms with Gasteiger partial charge in [0.25, 0.3) is 0 Å². The fraction of sp³-hybridized carbons (Fsp3) is 0.750. The van der Waals surface area contributed by atoms with Gasteiger partial charge < -0.3 is 44.3 Å². The van der Waals surface area contributed by atoms with Crippen molar-refractivity contribution >= 4 is 17.9 Å². The average molecular weight is 680 g/mol. The highest BCUT2D eigenvalue weighted by molar-refractivity contribution is 5.78. The molecule has 48 heavy (non-hydrogen) atoms.